The van der Waals surface area contributed by atoms with E-state index in [1.165, 1.54) is 10.3 Å². The number of aromatic nitrogens is 1. The highest BCUT2D eigenvalue weighted by molar-refractivity contribution is 5.64. The van der Waals surface area contributed by atoms with Crippen molar-refractivity contribution in [3.63, 3.8) is 0 Å². The van der Waals surface area contributed by atoms with Gasteiger partial charge in [0.1, 0.15) is 11.6 Å². The van der Waals surface area contributed by atoms with Gasteiger partial charge in [0.15, 0.2) is 0 Å². The maximum Gasteiger partial charge on any atom is 0.268 e. The Morgan fingerprint density at radius 2 is 1.61 bits per heavy atom. The monoisotopic (exact) mass is 308 g/mol. The first-order chi connectivity index (χ1) is 11.1. The zero-order chi connectivity index (χ0) is 16.4. The van der Waals surface area contributed by atoms with Crippen LogP contribution in [0.3, 0.4) is 0 Å². The number of rotatable bonds is 2. The van der Waals surface area contributed by atoms with Crippen molar-refractivity contribution in [2.24, 2.45) is 7.05 Å². The summed E-state index contributed by atoms with van der Waals surface area (Å²) in [4.78, 5) is 16.8. The molecule has 2 aromatic rings. The fourth-order valence-electron chi connectivity index (χ4n) is 2.92. The summed E-state index contributed by atoms with van der Waals surface area (Å²) in [5.74, 6) is 0. The maximum absolute atomic E-state index is 12.1. The Morgan fingerprint density at radius 3 is 2.22 bits per heavy atom. The predicted octanol–water partition coefficient (Wildman–Crippen LogP) is 1.68. The van der Waals surface area contributed by atoms with Crippen LogP contribution in [0, 0.1) is 11.3 Å². The summed E-state index contributed by atoms with van der Waals surface area (Å²) in [6, 6.07) is 13.6. The van der Waals surface area contributed by atoms with Crippen molar-refractivity contribution in [3.05, 3.63) is 52.3 Å². The highest BCUT2D eigenvalue weighted by Gasteiger charge is 2.14. The van der Waals surface area contributed by atoms with Crippen molar-refractivity contribution in [1.29, 1.82) is 5.26 Å². The number of likely N-dealkylation sites (N-methyl/N-ethyl adjacent to an activating group) is 1. The fraction of sp³-hybridized carbons (Fsp3) is 0.333. The summed E-state index contributed by atoms with van der Waals surface area (Å²) >= 11 is 0. The minimum absolute atomic E-state index is 0.172. The Bertz CT molecular complexity index is 793. The second kappa shape index (κ2) is 6.27. The third-order valence-corrected chi connectivity index (χ3v) is 4.46. The highest BCUT2D eigenvalue weighted by atomic mass is 16.1. The molecular formula is C18H20N4O. The lowest BCUT2D eigenvalue weighted by Crippen LogP contribution is -2.44. The van der Waals surface area contributed by atoms with Crippen molar-refractivity contribution in [1.82, 2.24) is 9.47 Å². The molecule has 1 aromatic heterocycles. The first-order valence-corrected chi connectivity index (χ1v) is 7.74. The van der Waals surface area contributed by atoms with Crippen molar-refractivity contribution < 1.29 is 0 Å². The lowest BCUT2D eigenvalue weighted by atomic mass is 10.1. The van der Waals surface area contributed by atoms with Gasteiger partial charge in [-0.1, -0.05) is 12.1 Å². The van der Waals surface area contributed by atoms with E-state index in [0.29, 0.717) is 0 Å². The number of hydrogen-bond acceptors (Lipinski definition) is 4. The third-order valence-electron chi connectivity index (χ3n) is 4.46. The Labute approximate surface area is 136 Å². The van der Waals surface area contributed by atoms with E-state index in [0.717, 1.165) is 37.4 Å². The second-order valence-corrected chi connectivity index (χ2v) is 5.95. The van der Waals surface area contributed by atoms with Crippen LogP contribution in [0.2, 0.25) is 0 Å². The molecule has 1 aliphatic rings. The van der Waals surface area contributed by atoms with Gasteiger partial charge >= 0.3 is 0 Å². The minimum atomic E-state index is -0.256. The SMILES string of the molecule is CN1CCN(c2ccc(-c3ccc(C#N)c(=O)n3C)cc2)CC1. The van der Waals surface area contributed by atoms with E-state index in [4.69, 9.17) is 5.26 Å². The normalized spacial score (nSPS) is 15.4. The molecule has 0 aliphatic carbocycles. The Balaban J connectivity index is 1.87. The number of nitrogens with zero attached hydrogens (tertiary/aromatic N) is 4. The predicted molar refractivity (Wildman–Crippen MR) is 91.5 cm³/mol. The summed E-state index contributed by atoms with van der Waals surface area (Å²) in [6.45, 7) is 4.22. The molecule has 0 unspecified atom stereocenters. The van der Waals surface area contributed by atoms with Crippen molar-refractivity contribution in [3.8, 4) is 17.3 Å². The van der Waals surface area contributed by atoms with E-state index >= 15 is 0 Å². The molecule has 1 fully saturated rings. The topological polar surface area (TPSA) is 52.3 Å². The molecular weight excluding hydrogens is 288 g/mol. The molecule has 3 rings (SSSR count). The van der Waals surface area contributed by atoms with Crippen LogP contribution in [-0.4, -0.2) is 42.7 Å². The van der Waals surface area contributed by atoms with Gasteiger partial charge in [-0.3, -0.25) is 4.79 Å². The van der Waals surface area contributed by atoms with Crippen LogP contribution in [0.15, 0.2) is 41.2 Å². The van der Waals surface area contributed by atoms with Crippen LogP contribution in [0.25, 0.3) is 11.3 Å². The summed E-state index contributed by atoms with van der Waals surface area (Å²) in [5.41, 5.74) is 2.92. The number of hydrogen-bond donors (Lipinski definition) is 0. The molecule has 1 aromatic carbocycles. The van der Waals surface area contributed by atoms with Gasteiger partial charge in [-0.05, 0) is 36.9 Å². The summed E-state index contributed by atoms with van der Waals surface area (Å²) in [6.07, 6.45) is 0. The Morgan fingerprint density at radius 1 is 0.957 bits per heavy atom. The molecule has 23 heavy (non-hydrogen) atoms. The average Bonchev–Trinajstić information content (AvgIpc) is 2.58. The Kier molecular flexibility index (Phi) is 4.18. The van der Waals surface area contributed by atoms with Gasteiger partial charge in [0.05, 0.1) is 5.69 Å². The summed E-state index contributed by atoms with van der Waals surface area (Å²) in [7, 11) is 3.85. The molecule has 118 valence electrons. The van der Waals surface area contributed by atoms with Gasteiger partial charge in [-0.2, -0.15) is 5.26 Å². The molecule has 0 saturated carbocycles. The number of piperazine rings is 1. The first-order valence-electron chi connectivity index (χ1n) is 7.74. The van der Waals surface area contributed by atoms with Crippen molar-refractivity contribution in [2.75, 3.05) is 38.1 Å². The zero-order valence-corrected chi connectivity index (χ0v) is 13.5. The molecule has 0 bridgehead atoms. The summed E-state index contributed by atoms with van der Waals surface area (Å²) in [5, 5.41) is 8.93. The quantitative estimate of drug-likeness (QED) is 0.847. The zero-order valence-electron chi connectivity index (χ0n) is 13.5. The van der Waals surface area contributed by atoms with Crippen LogP contribution >= 0.6 is 0 Å². The van der Waals surface area contributed by atoms with Gasteiger partial charge in [0.25, 0.3) is 5.56 Å². The Hall–Kier alpha value is -2.58. The van der Waals surface area contributed by atoms with Crippen molar-refractivity contribution >= 4 is 5.69 Å². The van der Waals surface area contributed by atoms with Crippen LogP contribution in [0.5, 0.6) is 0 Å². The minimum Gasteiger partial charge on any atom is -0.369 e. The average molecular weight is 308 g/mol. The third kappa shape index (κ3) is 2.99. The van der Waals surface area contributed by atoms with E-state index in [1.807, 2.05) is 24.3 Å². The van der Waals surface area contributed by atoms with Gasteiger partial charge in [-0.15, -0.1) is 0 Å². The van der Waals surface area contributed by atoms with Crippen LogP contribution in [0.1, 0.15) is 5.56 Å². The fourth-order valence-corrected chi connectivity index (χ4v) is 2.92. The molecule has 0 spiro atoms. The van der Waals surface area contributed by atoms with Crippen LogP contribution in [-0.2, 0) is 7.05 Å². The molecule has 2 heterocycles. The van der Waals surface area contributed by atoms with E-state index < -0.39 is 0 Å². The number of benzene rings is 1. The molecule has 0 amide bonds. The van der Waals surface area contributed by atoms with Crippen molar-refractivity contribution in [2.45, 2.75) is 0 Å². The van der Waals surface area contributed by atoms with E-state index in [9.17, 15) is 4.79 Å². The lowest BCUT2D eigenvalue weighted by Gasteiger charge is -2.34. The molecule has 0 N–H and O–H groups in total. The van der Waals surface area contributed by atoms with E-state index in [2.05, 4.69) is 29.0 Å². The molecule has 5 heteroatoms. The molecule has 5 nitrogen and oxygen atoms in total. The largest absolute Gasteiger partial charge is 0.369 e. The number of pyridine rings is 1. The van der Waals surface area contributed by atoms with Gasteiger partial charge < -0.3 is 14.4 Å². The number of nitriles is 1. The molecule has 1 saturated heterocycles. The smallest absolute Gasteiger partial charge is 0.268 e. The van der Waals surface area contributed by atoms with Gasteiger partial charge in [-0.25, -0.2) is 0 Å². The van der Waals surface area contributed by atoms with E-state index in [-0.39, 0.29) is 11.1 Å². The molecule has 1 aliphatic heterocycles. The molecule has 0 atom stereocenters. The maximum atomic E-state index is 12.1. The van der Waals surface area contributed by atoms with Crippen LogP contribution in [0.4, 0.5) is 5.69 Å². The summed E-state index contributed by atoms with van der Waals surface area (Å²) < 4.78 is 1.53. The number of anilines is 1. The molecule has 0 radical (unpaired) electrons. The standard InChI is InChI=1S/C18H20N4O/c1-20-9-11-22(12-10-20)16-6-3-14(4-7-16)17-8-5-15(13-19)18(23)21(17)2/h3-8H,9-12H2,1-2H3. The lowest BCUT2D eigenvalue weighted by molar-refractivity contribution is 0.313. The highest BCUT2D eigenvalue weighted by Crippen LogP contribution is 2.23. The van der Waals surface area contributed by atoms with E-state index in [1.54, 1.807) is 13.1 Å². The van der Waals surface area contributed by atoms with Gasteiger partial charge in [0, 0.05) is 38.9 Å². The van der Waals surface area contributed by atoms with Crippen LogP contribution < -0.4 is 10.5 Å². The second-order valence-electron chi connectivity index (χ2n) is 5.95. The first kappa shape index (κ1) is 15.3. The van der Waals surface area contributed by atoms with Gasteiger partial charge in [0.2, 0.25) is 0 Å².